The predicted octanol–water partition coefficient (Wildman–Crippen LogP) is 4.76. The minimum Gasteiger partial charge on any atom is -0.489 e. The van der Waals surface area contributed by atoms with E-state index in [4.69, 9.17) is 21.9 Å². The van der Waals surface area contributed by atoms with Gasteiger partial charge in [0.15, 0.2) is 0 Å². The Bertz CT molecular complexity index is 744. The zero-order valence-electron chi connectivity index (χ0n) is 11.0. The van der Waals surface area contributed by atoms with Crippen molar-refractivity contribution in [1.29, 1.82) is 0 Å². The van der Waals surface area contributed by atoms with Gasteiger partial charge in [-0.05, 0) is 23.2 Å². The summed E-state index contributed by atoms with van der Waals surface area (Å²) in [7, 11) is 0. The lowest BCUT2D eigenvalue weighted by atomic mass is 10.00. The van der Waals surface area contributed by atoms with Crippen LogP contribution < -0.4 is 4.74 Å². The molecular formula is C15H11ClFN3O. The molecule has 0 bridgehead atoms. The summed E-state index contributed by atoms with van der Waals surface area (Å²) in [6.07, 6.45) is 0.324. The minimum atomic E-state index is -0.383. The normalized spacial score (nSPS) is 16.0. The van der Waals surface area contributed by atoms with E-state index in [1.807, 2.05) is 0 Å². The number of fused-ring (bicyclic) bond motifs is 1. The van der Waals surface area contributed by atoms with Crippen LogP contribution in [-0.4, -0.2) is 12.6 Å². The molecule has 21 heavy (non-hydrogen) atoms. The summed E-state index contributed by atoms with van der Waals surface area (Å²) in [4.78, 5) is 2.72. The lowest BCUT2D eigenvalue weighted by Gasteiger charge is -2.12. The maximum atomic E-state index is 14.3. The van der Waals surface area contributed by atoms with E-state index in [0.717, 1.165) is 5.56 Å². The van der Waals surface area contributed by atoms with Gasteiger partial charge in [-0.25, -0.2) is 4.39 Å². The molecule has 1 heterocycles. The van der Waals surface area contributed by atoms with Gasteiger partial charge in [-0.2, -0.15) is 0 Å². The third-order valence-electron chi connectivity index (χ3n) is 3.41. The molecule has 1 aliphatic rings. The van der Waals surface area contributed by atoms with E-state index >= 15 is 0 Å². The maximum Gasteiger partial charge on any atom is 0.134 e. The number of halogens is 2. The van der Waals surface area contributed by atoms with Crippen molar-refractivity contribution in [2.45, 2.75) is 12.5 Å². The van der Waals surface area contributed by atoms with Crippen LogP contribution in [0.1, 0.15) is 5.56 Å². The summed E-state index contributed by atoms with van der Waals surface area (Å²) >= 11 is 6.16. The van der Waals surface area contributed by atoms with Crippen molar-refractivity contribution in [1.82, 2.24) is 0 Å². The largest absolute Gasteiger partial charge is 0.489 e. The molecule has 4 nitrogen and oxygen atoms in total. The summed E-state index contributed by atoms with van der Waals surface area (Å²) in [6, 6.07) is 10.2. The summed E-state index contributed by atoms with van der Waals surface area (Å²) < 4.78 is 20.0. The van der Waals surface area contributed by atoms with Crippen molar-refractivity contribution in [3.05, 3.63) is 63.2 Å². The Kier molecular flexibility index (Phi) is 3.69. The van der Waals surface area contributed by atoms with Gasteiger partial charge in [0.2, 0.25) is 0 Å². The molecule has 0 spiro atoms. The molecule has 106 valence electrons. The van der Waals surface area contributed by atoms with Crippen LogP contribution in [0.15, 0.2) is 41.5 Å². The summed E-state index contributed by atoms with van der Waals surface area (Å²) in [6.45, 7) is 0.217. The highest BCUT2D eigenvalue weighted by Gasteiger charge is 2.28. The first-order valence-corrected chi connectivity index (χ1v) is 6.82. The van der Waals surface area contributed by atoms with Gasteiger partial charge in [-0.3, -0.25) is 0 Å². The Morgan fingerprint density at radius 1 is 1.33 bits per heavy atom. The molecule has 0 aliphatic carbocycles. The third kappa shape index (κ3) is 2.53. The smallest absolute Gasteiger partial charge is 0.134 e. The van der Waals surface area contributed by atoms with Gasteiger partial charge in [-0.1, -0.05) is 41.0 Å². The number of nitrogens with zero attached hydrogens (tertiary/aromatic N) is 3. The van der Waals surface area contributed by atoms with Crippen LogP contribution in [0.5, 0.6) is 5.75 Å². The van der Waals surface area contributed by atoms with Crippen LogP contribution in [0.2, 0.25) is 5.02 Å². The number of ether oxygens (including phenoxy) is 1. The Labute approximate surface area is 125 Å². The van der Waals surface area contributed by atoms with Crippen LogP contribution in [-0.2, 0) is 6.42 Å². The maximum absolute atomic E-state index is 14.3. The van der Waals surface area contributed by atoms with Crippen LogP contribution in [0.3, 0.4) is 0 Å². The number of azide groups is 1. The van der Waals surface area contributed by atoms with E-state index in [9.17, 15) is 4.39 Å². The molecule has 3 rings (SSSR count). The number of hydrogen-bond donors (Lipinski definition) is 0. The Morgan fingerprint density at radius 3 is 2.90 bits per heavy atom. The second-order valence-electron chi connectivity index (χ2n) is 4.75. The van der Waals surface area contributed by atoms with E-state index in [1.54, 1.807) is 30.3 Å². The second-order valence-corrected chi connectivity index (χ2v) is 5.16. The molecule has 0 saturated carbocycles. The highest BCUT2D eigenvalue weighted by molar-refractivity contribution is 6.33. The second kappa shape index (κ2) is 5.64. The quantitative estimate of drug-likeness (QED) is 0.458. The van der Waals surface area contributed by atoms with Gasteiger partial charge in [0, 0.05) is 21.9 Å². The predicted molar refractivity (Wildman–Crippen MR) is 79.0 cm³/mol. The van der Waals surface area contributed by atoms with Gasteiger partial charge in [0.1, 0.15) is 17.7 Å². The average Bonchev–Trinajstić information content (AvgIpc) is 2.89. The van der Waals surface area contributed by atoms with E-state index in [-0.39, 0.29) is 18.5 Å². The first kappa shape index (κ1) is 13.7. The lowest BCUT2D eigenvalue weighted by Crippen LogP contribution is -2.16. The van der Waals surface area contributed by atoms with Crippen molar-refractivity contribution in [2.24, 2.45) is 5.11 Å². The topological polar surface area (TPSA) is 58.0 Å². The highest BCUT2D eigenvalue weighted by atomic mass is 35.5. The molecule has 0 amide bonds. The number of benzene rings is 2. The van der Waals surface area contributed by atoms with Gasteiger partial charge in [-0.15, -0.1) is 0 Å². The Morgan fingerprint density at radius 2 is 2.14 bits per heavy atom. The Balaban J connectivity index is 2.07. The standard InChI is InChI=1S/C15H11ClFN3O/c16-12-4-2-1-3-11(12)14-13(17)6-5-9-7-10(8-19-20-18)21-15(9)14/h1-6,10H,7-8H2. The number of hydrogen-bond acceptors (Lipinski definition) is 2. The molecule has 0 saturated heterocycles. The van der Waals surface area contributed by atoms with Crippen molar-refractivity contribution in [2.75, 3.05) is 6.54 Å². The molecule has 1 atom stereocenters. The molecule has 0 aromatic heterocycles. The third-order valence-corrected chi connectivity index (χ3v) is 3.74. The van der Waals surface area contributed by atoms with Gasteiger partial charge < -0.3 is 4.74 Å². The SMILES string of the molecule is [N-]=[N+]=NCC1Cc2ccc(F)c(-c3ccccc3Cl)c2O1. The average molecular weight is 304 g/mol. The monoisotopic (exact) mass is 303 g/mol. The summed E-state index contributed by atoms with van der Waals surface area (Å²) in [5.74, 6) is 0.104. The fourth-order valence-corrected chi connectivity index (χ4v) is 2.73. The van der Waals surface area contributed by atoms with E-state index in [1.165, 1.54) is 6.07 Å². The van der Waals surface area contributed by atoms with Gasteiger partial charge in [0.05, 0.1) is 12.1 Å². The van der Waals surface area contributed by atoms with Crippen molar-refractivity contribution in [3.8, 4) is 16.9 Å². The Hall–Kier alpha value is -2.23. The molecule has 2 aromatic rings. The molecule has 6 heteroatoms. The summed E-state index contributed by atoms with van der Waals surface area (Å²) in [5, 5.41) is 3.98. The van der Waals surface area contributed by atoms with Gasteiger partial charge >= 0.3 is 0 Å². The molecule has 1 aliphatic heterocycles. The molecule has 0 fully saturated rings. The fraction of sp³-hybridized carbons (Fsp3) is 0.200. The van der Waals surface area contributed by atoms with Crippen LogP contribution >= 0.6 is 11.6 Å². The molecule has 1 unspecified atom stereocenters. The molecule has 2 aromatic carbocycles. The zero-order valence-corrected chi connectivity index (χ0v) is 11.7. The van der Waals surface area contributed by atoms with Crippen LogP contribution in [0.25, 0.3) is 21.6 Å². The summed E-state index contributed by atoms with van der Waals surface area (Å²) in [5.41, 5.74) is 10.2. The minimum absolute atomic E-state index is 0.217. The van der Waals surface area contributed by atoms with Crippen molar-refractivity contribution in [3.63, 3.8) is 0 Å². The van der Waals surface area contributed by atoms with Crippen LogP contribution in [0, 0.1) is 5.82 Å². The molecule has 0 N–H and O–H groups in total. The first-order valence-electron chi connectivity index (χ1n) is 6.44. The van der Waals surface area contributed by atoms with Crippen molar-refractivity contribution >= 4 is 11.6 Å². The highest BCUT2D eigenvalue weighted by Crippen LogP contribution is 2.42. The van der Waals surface area contributed by atoms with E-state index < -0.39 is 0 Å². The van der Waals surface area contributed by atoms with E-state index in [2.05, 4.69) is 10.0 Å². The zero-order chi connectivity index (χ0) is 14.8. The van der Waals surface area contributed by atoms with Gasteiger partial charge in [0.25, 0.3) is 0 Å². The van der Waals surface area contributed by atoms with Crippen molar-refractivity contribution < 1.29 is 9.13 Å². The van der Waals surface area contributed by atoms with E-state index in [0.29, 0.717) is 28.3 Å². The number of rotatable bonds is 3. The van der Waals surface area contributed by atoms with Crippen LogP contribution in [0.4, 0.5) is 4.39 Å². The fourth-order valence-electron chi connectivity index (χ4n) is 2.50. The molecular weight excluding hydrogens is 293 g/mol. The first-order chi connectivity index (χ1) is 10.2. The lowest BCUT2D eigenvalue weighted by molar-refractivity contribution is 0.241. The molecule has 0 radical (unpaired) electrons.